The van der Waals surface area contributed by atoms with Gasteiger partial charge in [-0.15, -0.1) is 0 Å². The second kappa shape index (κ2) is 10.6. The molecule has 1 amide bonds. The number of phenolic OH excluding ortho intramolecular Hbond substituents is 1. The molecule has 188 valence electrons. The van der Waals surface area contributed by atoms with Gasteiger partial charge in [0, 0.05) is 43.3 Å². The van der Waals surface area contributed by atoms with Gasteiger partial charge >= 0.3 is 0 Å². The van der Waals surface area contributed by atoms with Crippen LogP contribution in [0, 0.1) is 5.82 Å². The van der Waals surface area contributed by atoms with Crippen LogP contribution in [0.25, 0.3) is 11.4 Å². The van der Waals surface area contributed by atoms with E-state index in [0.717, 1.165) is 24.8 Å². The number of aromatic nitrogens is 2. The molecule has 1 saturated heterocycles. The van der Waals surface area contributed by atoms with E-state index in [4.69, 9.17) is 9.47 Å². The van der Waals surface area contributed by atoms with Crippen molar-refractivity contribution in [3.05, 3.63) is 71.3 Å². The first kappa shape index (κ1) is 24.1. The summed E-state index contributed by atoms with van der Waals surface area (Å²) >= 11 is 0. The Morgan fingerprint density at radius 2 is 1.92 bits per heavy atom. The minimum absolute atomic E-state index is 0.0320. The summed E-state index contributed by atoms with van der Waals surface area (Å²) in [6.07, 6.45) is 2.47. The summed E-state index contributed by atoms with van der Waals surface area (Å²) in [4.78, 5) is 22.2. The number of nitrogens with one attached hydrogen (secondary N) is 2. The molecule has 1 unspecified atom stereocenters. The summed E-state index contributed by atoms with van der Waals surface area (Å²) in [6.45, 7) is 1.69. The highest BCUT2D eigenvalue weighted by molar-refractivity contribution is 5.93. The Morgan fingerprint density at radius 3 is 2.64 bits per heavy atom. The molecule has 2 fully saturated rings. The average Bonchev–Trinajstić information content (AvgIpc) is 3.68. The summed E-state index contributed by atoms with van der Waals surface area (Å²) in [5.74, 6) is 0.468. The molecule has 0 bridgehead atoms. The topological polar surface area (TPSA) is 106 Å². The number of amides is 1. The first-order valence-electron chi connectivity index (χ1n) is 12.1. The second-order valence-electron chi connectivity index (χ2n) is 9.20. The van der Waals surface area contributed by atoms with Crippen LogP contribution in [-0.4, -0.2) is 53.4 Å². The molecule has 3 aromatic rings. The van der Waals surface area contributed by atoms with E-state index in [1.807, 2.05) is 12.1 Å². The number of benzene rings is 2. The quantitative estimate of drug-likeness (QED) is 0.442. The van der Waals surface area contributed by atoms with Gasteiger partial charge in [-0.05, 0) is 61.2 Å². The zero-order valence-corrected chi connectivity index (χ0v) is 20.0. The van der Waals surface area contributed by atoms with Gasteiger partial charge in [0.25, 0.3) is 5.91 Å². The van der Waals surface area contributed by atoms with Crippen molar-refractivity contribution in [2.75, 3.05) is 20.3 Å². The van der Waals surface area contributed by atoms with Crippen molar-refractivity contribution in [3.8, 4) is 22.9 Å². The van der Waals surface area contributed by atoms with Crippen LogP contribution in [0.5, 0.6) is 11.5 Å². The van der Waals surface area contributed by atoms with Crippen molar-refractivity contribution in [3.63, 3.8) is 0 Å². The van der Waals surface area contributed by atoms with Crippen molar-refractivity contribution in [2.45, 2.75) is 43.8 Å². The highest BCUT2D eigenvalue weighted by Gasteiger charge is 2.37. The van der Waals surface area contributed by atoms with Gasteiger partial charge in [0.1, 0.15) is 11.5 Å². The summed E-state index contributed by atoms with van der Waals surface area (Å²) in [6, 6.07) is 13.5. The smallest absolute Gasteiger partial charge is 0.270 e. The molecule has 9 heteroatoms. The maximum atomic E-state index is 13.2. The molecule has 36 heavy (non-hydrogen) atoms. The number of hydrogen-bond donors (Lipinski definition) is 3. The Kier molecular flexibility index (Phi) is 7.11. The monoisotopic (exact) mass is 492 g/mol. The maximum Gasteiger partial charge on any atom is 0.270 e. The van der Waals surface area contributed by atoms with Crippen LogP contribution in [0.3, 0.4) is 0 Å². The third-order valence-corrected chi connectivity index (χ3v) is 6.64. The molecule has 5 rings (SSSR count). The van der Waals surface area contributed by atoms with Crippen molar-refractivity contribution >= 4 is 5.91 Å². The van der Waals surface area contributed by atoms with Crippen molar-refractivity contribution in [2.24, 2.45) is 0 Å². The van der Waals surface area contributed by atoms with E-state index in [2.05, 4.69) is 20.6 Å². The highest BCUT2D eigenvalue weighted by Crippen LogP contribution is 2.41. The lowest BCUT2D eigenvalue weighted by atomic mass is 10.1. The lowest BCUT2D eigenvalue weighted by Crippen LogP contribution is -2.39. The fourth-order valence-corrected chi connectivity index (χ4v) is 4.50. The van der Waals surface area contributed by atoms with Crippen LogP contribution >= 0.6 is 0 Å². The Bertz CT molecular complexity index is 1230. The van der Waals surface area contributed by atoms with Gasteiger partial charge in [-0.2, -0.15) is 0 Å². The predicted octanol–water partition coefficient (Wildman–Crippen LogP) is 3.55. The zero-order valence-electron chi connectivity index (χ0n) is 20.0. The fraction of sp³-hybridized carbons (Fsp3) is 0.370. The molecule has 2 heterocycles. The number of aromatic hydroxyl groups is 1. The summed E-state index contributed by atoms with van der Waals surface area (Å²) in [5.41, 5.74) is 2.61. The number of ether oxygens (including phenoxy) is 2. The third kappa shape index (κ3) is 5.63. The number of carbonyl (C=O) groups is 1. The highest BCUT2D eigenvalue weighted by atomic mass is 19.1. The molecule has 1 aromatic heterocycles. The van der Waals surface area contributed by atoms with Crippen molar-refractivity contribution in [1.29, 1.82) is 0 Å². The van der Waals surface area contributed by atoms with E-state index in [-0.39, 0.29) is 35.3 Å². The Labute approximate surface area is 208 Å². The van der Waals surface area contributed by atoms with Gasteiger partial charge in [-0.3, -0.25) is 4.79 Å². The maximum absolute atomic E-state index is 13.2. The largest absolute Gasteiger partial charge is 0.504 e. The van der Waals surface area contributed by atoms with Gasteiger partial charge in [0.05, 0.1) is 12.8 Å². The molecular weight excluding hydrogens is 463 g/mol. The zero-order chi connectivity index (χ0) is 25.1. The molecule has 1 aliphatic heterocycles. The minimum atomic E-state index is -0.264. The number of hydrogen-bond acceptors (Lipinski definition) is 7. The molecule has 3 N–H and O–H groups in total. The summed E-state index contributed by atoms with van der Waals surface area (Å²) in [7, 11) is 1.48. The number of halogens is 1. The molecule has 2 atom stereocenters. The second-order valence-corrected chi connectivity index (χ2v) is 9.20. The van der Waals surface area contributed by atoms with Gasteiger partial charge in [0.15, 0.2) is 17.3 Å². The predicted molar refractivity (Wildman–Crippen MR) is 131 cm³/mol. The van der Waals surface area contributed by atoms with Crippen LogP contribution < -0.4 is 15.4 Å². The van der Waals surface area contributed by atoms with E-state index < -0.39 is 0 Å². The standard InChI is InChI=1S/C27H29FN4O4/c1-35-25-7-4-17(12-24(25)33)26-30-20(13-23(32-26)27(34)31-19-8-10-36-11-9-19)15-29-22-14-21(22)16-2-5-18(28)6-3-16/h2-7,12-13,19,21-22,29,33H,8-11,14-15H2,1H3,(H,31,34)/t21-,22?/m0/s1. The van der Waals surface area contributed by atoms with Crippen LogP contribution in [0.15, 0.2) is 48.5 Å². The third-order valence-electron chi connectivity index (χ3n) is 6.64. The molecule has 0 spiro atoms. The van der Waals surface area contributed by atoms with Gasteiger partial charge < -0.3 is 25.2 Å². The first-order chi connectivity index (χ1) is 17.5. The lowest BCUT2D eigenvalue weighted by Gasteiger charge is -2.23. The van der Waals surface area contributed by atoms with Crippen LogP contribution in [0.2, 0.25) is 0 Å². The van der Waals surface area contributed by atoms with E-state index in [9.17, 15) is 14.3 Å². The van der Waals surface area contributed by atoms with Crippen LogP contribution in [0.1, 0.15) is 46.9 Å². The summed E-state index contributed by atoms with van der Waals surface area (Å²) < 4.78 is 23.8. The molecule has 0 radical (unpaired) electrons. The lowest BCUT2D eigenvalue weighted by molar-refractivity contribution is 0.0694. The molecule has 2 aromatic carbocycles. The Morgan fingerprint density at radius 1 is 1.14 bits per heavy atom. The normalized spacial score (nSPS) is 19.6. The fourth-order valence-electron chi connectivity index (χ4n) is 4.50. The van der Waals surface area contributed by atoms with E-state index in [1.54, 1.807) is 18.2 Å². The number of carbonyl (C=O) groups excluding carboxylic acids is 1. The van der Waals surface area contributed by atoms with Gasteiger partial charge in [-0.25, -0.2) is 14.4 Å². The first-order valence-corrected chi connectivity index (χ1v) is 12.1. The van der Waals surface area contributed by atoms with E-state index >= 15 is 0 Å². The molecule has 1 saturated carbocycles. The van der Waals surface area contributed by atoms with Crippen molar-refractivity contribution < 1.29 is 23.8 Å². The minimum Gasteiger partial charge on any atom is -0.504 e. The Balaban J connectivity index is 1.35. The van der Waals surface area contributed by atoms with Gasteiger partial charge in [0.2, 0.25) is 0 Å². The SMILES string of the molecule is COc1ccc(-c2nc(CNC3C[C@H]3c3ccc(F)cc3)cc(C(=O)NC3CCOCC3)n2)cc1O. The van der Waals surface area contributed by atoms with Gasteiger partial charge in [-0.1, -0.05) is 12.1 Å². The summed E-state index contributed by atoms with van der Waals surface area (Å²) in [5, 5.41) is 16.8. The molecule has 1 aliphatic carbocycles. The van der Waals surface area contributed by atoms with Crippen LogP contribution in [0.4, 0.5) is 4.39 Å². The number of methoxy groups -OCH3 is 1. The number of rotatable bonds is 8. The molecular formula is C27H29FN4O4. The van der Waals surface area contributed by atoms with E-state index in [1.165, 1.54) is 25.3 Å². The van der Waals surface area contributed by atoms with Crippen molar-refractivity contribution in [1.82, 2.24) is 20.6 Å². The van der Waals surface area contributed by atoms with Crippen LogP contribution in [-0.2, 0) is 11.3 Å². The van der Waals surface area contributed by atoms with E-state index in [0.29, 0.717) is 48.5 Å². The average molecular weight is 493 g/mol. The molecule has 8 nitrogen and oxygen atoms in total. The number of phenols is 1. The molecule has 2 aliphatic rings. The Hall–Kier alpha value is -3.56. The number of nitrogens with zero attached hydrogens (tertiary/aromatic N) is 2.